The Morgan fingerprint density at radius 2 is 2.24 bits per heavy atom. The second kappa shape index (κ2) is 5.16. The first-order chi connectivity index (χ1) is 8.08. The van der Waals surface area contributed by atoms with Crippen LogP contribution in [0, 0.1) is 0 Å². The van der Waals surface area contributed by atoms with Gasteiger partial charge < -0.3 is 5.32 Å². The Labute approximate surface area is 104 Å². The van der Waals surface area contributed by atoms with Gasteiger partial charge in [0.1, 0.15) is 4.21 Å². The molecule has 2 rings (SSSR count). The van der Waals surface area contributed by atoms with Gasteiger partial charge >= 0.3 is 0 Å². The highest BCUT2D eigenvalue weighted by Gasteiger charge is 2.23. The zero-order valence-electron chi connectivity index (χ0n) is 9.18. The summed E-state index contributed by atoms with van der Waals surface area (Å²) in [7, 11) is -3.44. The topological polar surface area (TPSA) is 75.3 Å². The van der Waals surface area contributed by atoms with Crippen LogP contribution in [-0.2, 0) is 14.8 Å². The molecule has 0 aliphatic heterocycles. The predicted octanol–water partition coefficient (Wildman–Crippen LogP) is 0.695. The lowest BCUT2D eigenvalue weighted by Crippen LogP contribution is -2.31. The third-order valence-electron chi connectivity index (χ3n) is 2.35. The van der Waals surface area contributed by atoms with E-state index in [9.17, 15) is 13.2 Å². The summed E-state index contributed by atoms with van der Waals surface area (Å²) in [5.74, 6) is -0.0959. The van der Waals surface area contributed by atoms with Crippen LogP contribution in [-0.4, -0.2) is 26.9 Å². The van der Waals surface area contributed by atoms with E-state index >= 15 is 0 Å². The summed E-state index contributed by atoms with van der Waals surface area (Å²) in [5, 5.41) is 4.51. The summed E-state index contributed by atoms with van der Waals surface area (Å²) in [5.41, 5.74) is 0. The molecule has 2 N–H and O–H groups in total. The average Bonchev–Trinajstić information content (AvgIpc) is 2.89. The van der Waals surface area contributed by atoms with Gasteiger partial charge in [0.05, 0.1) is 0 Å². The van der Waals surface area contributed by atoms with E-state index in [2.05, 4.69) is 10.0 Å². The van der Waals surface area contributed by atoms with Crippen LogP contribution in [0.4, 0.5) is 0 Å². The zero-order chi connectivity index (χ0) is 12.3. The molecule has 0 bridgehead atoms. The van der Waals surface area contributed by atoms with Crippen molar-refractivity contribution in [2.24, 2.45) is 0 Å². The van der Waals surface area contributed by atoms with Crippen LogP contribution in [0.2, 0.25) is 0 Å². The van der Waals surface area contributed by atoms with E-state index in [1.54, 1.807) is 11.4 Å². The van der Waals surface area contributed by atoms with E-state index in [0.717, 1.165) is 24.2 Å². The molecule has 0 aromatic carbocycles. The number of amides is 1. The second-order valence-corrected chi connectivity index (χ2v) is 6.86. The van der Waals surface area contributed by atoms with Crippen LogP contribution >= 0.6 is 11.3 Å². The SMILES string of the molecule is O=C(CCNS(=O)(=O)c1cccs1)NC1CC1. The molecule has 0 atom stereocenters. The molecule has 0 spiro atoms. The van der Waals surface area contributed by atoms with Gasteiger partial charge in [0.15, 0.2) is 0 Å². The first-order valence-electron chi connectivity index (χ1n) is 5.40. The van der Waals surface area contributed by atoms with Gasteiger partial charge in [-0.15, -0.1) is 11.3 Å². The summed E-state index contributed by atoms with van der Waals surface area (Å²) in [6.45, 7) is 0.138. The fourth-order valence-electron chi connectivity index (χ4n) is 1.31. The molecule has 1 heterocycles. The predicted molar refractivity (Wildman–Crippen MR) is 65.3 cm³/mol. The van der Waals surface area contributed by atoms with E-state index in [4.69, 9.17) is 0 Å². The molecule has 7 heteroatoms. The first-order valence-corrected chi connectivity index (χ1v) is 7.77. The minimum Gasteiger partial charge on any atom is -0.353 e. The minimum atomic E-state index is -3.44. The van der Waals surface area contributed by atoms with Gasteiger partial charge in [-0.3, -0.25) is 4.79 Å². The molecule has 94 valence electrons. The van der Waals surface area contributed by atoms with Gasteiger partial charge in [-0.2, -0.15) is 0 Å². The molecule has 1 saturated carbocycles. The zero-order valence-corrected chi connectivity index (χ0v) is 10.8. The summed E-state index contributed by atoms with van der Waals surface area (Å²) in [6.07, 6.45) is 2.25. The van der Waals surface area contributed by atoms with E-state index < -0.39 is 10.0 Å². The summed E-state index contributed by atoms with van der Waals surface area (Å²) in [6, 6.07) is 3.53. The molecule has 0 saturated heterocycles. The van der Waals surface area contributed by atoms with Crippen LogP contribution in [0.25, 0.3) is 0 Å². The number of carbonyl (C=O) groups excluding carboxylic acids is 1. The van der Waals surface area contributed by atoms with Crippen molar-refractivity contribution in [3.05, 3.63) is 17.5 Å². The molecule has 1 aromatic rings. The van der Waals surface area contributed by atoms with Gasteiger partial charge in [-0.25, -0.2) is 13.1 Å². The molecule has 1 fully saturated rings. The standard InChI is InChI=1S/C10H14N2O3S2/c13-9(12-8-3-4-8)5-6-11-17(14,15)10-2-1-7-16-10/h1-2,7-8,11H,3-6H2,(H,12,13). The van der Waals surface area contributed by atoms with Crippen molar-refractivity contribution in [2.45, 2.75) is 29.5 Å². The number of sulfonamides is 1. The largest absolute Gasteiger partial charge is 0.353 e. The lowest BCUT2D eigenvalue weighted by atomic mass is 10.4. The first kappa shape index (κ1) is 12.5. The second-order valence-electron chi connectivity index (χ2n) is 3.92. The molecule has 1 aliphatic carbocycles. The van der Waals surface area contributed by atoms with Crippen LogP contribution in [0.5, 0.6) is 0 Å². The number of carbonyl (C=O) groups is 1. The monoisotopic (exact) mass is 274 g/mol. The minimum absolute atomic E-state index is 0.0959. The van der Waals surface area contributed by atoms with E-state index in [1.807, 2.05) is 0 Å². The maximum Gasteiger partial charge on any atom is 0.250 e. The quantitative estimate of drug-likeness (QED) is 0.801. The third kappa shape index (κ3) is 3.79. The third-order valence-corrected chi connectivity index (χ3v) is 5.21. The van der Waals surface area contributed by atoms with Crippen molar-refractivity contribution in [3.8, 4) is 0 Å². The van der Waals surface area contributed by atoms with E-state index in [-0.39, 0.29) is 23.1 Å². The van der Waals surface area contributed by atoms with Crippen molar-refractivity contribution in [3.63, 3.8) is 0 Å². The highest BCUT2D eigenvalue weighted by atomic mass is 32.2. The number of rotatable bonds is 6. The summed E-state index contributed by atoms with van der Waals surface area (Å²) < 4.78 is 26.0. The van der Waals surface area contributed by atoms with Crippen molar-refractivity contribution in [1.82, 2.24) is 10.0 Å². The summed E-state index contributed by atoms with van der Waals surface area (Å²) in [4.78, 5) is 11.3. The molecular formula is C10H14N2O3S2. The highest BCUT2D eigenvalue weighted by Crippen LogP contribution is 2.18. The number of hydrogen-bond donors (Lipinski definition) is 2. The lowest BCUT2D eigenvalue weighted by molar-refractivity contribution is -0.121. The van der Waals surface area contributed by atoms with Crippen molar-refractivity contribution in [2.75, 3.05) is 6.54 Å². The molecule has 0 unspecified atom stereocenters. The van der Waals surface area contributed by atoms with Crippen molar-refractivity contribution >= 4 is 27.3 Å². The van der Waals surface area contributed by atoms with E-state index in [1.165, 1.54) is 6.07 Å². The van der Waals surface area contributed by atoms with Gasteiger partial charge in [0.25, 0.3) is 0 Å². The van der Waals surface area contributed by atoms with Crippen molar-refractivity contribution in [1.29, 1.82) is 0 Å². The van der Waals surface area contributed by atoms with Gasteiger partial charge in [0, 0.05) is 19.0 Å². The molecule has 1 amide bonds. The molecule has 0 radical (unpaired) electrons. The number of thiophene rings is 1. The van der Waals surface area contributed by atoms with Crippen LogP contribution in [0.3, 0.4) is 0 Å². The fraction of sp³-hybridized carbons (Fsp3) is 0.500. The normalized spacial score (nSPS) is 15.8. The molecule has 1 aliphatic rings. The Hall–Kier alpha value is -0.920. The summed E-state index contributed by atoms with van der Waals surface area (Å²) >= 11 is 1.16. The fourth-order valence-corrected chi connectivity index (χ4v) is 3.38. The van der Waals surface area contributed by atoms with Gasteiger partial charge in [-0.1, -0.05) is 6.07 Å². The van der Waals surface area contributed by atoms with Crippen molar-refractivity contribution < 1.29 is 13.2 Å². The number of nitrogens with one attached hydrogen (secondary N) is 2. The molecule has 17 heavy (non-hydrogen) atoms. The Kier molecular flexibility index (Phi) is 3.80. The van der Waals surface area contributed by atoms with Gasteiger partial charge in [0.2, 0.25) is 15.9 Å². The molecule has 1 aromatic heterocycles. The Morgan fingerprint density at radius 3 is 2.82 bits per heavy atom. The average molecular weight is 274 g/mol. The van der Waals surface area contributed by atoms with E-state index in [0.29, 0.717) is 6.04 Å². The Bertz CT molecular complexity index is 478. The van der Waals surface area contributed by atoms with Crippen LogP contribution in [0.15, 0.2) is 21.7 Å². The molecular weight excluding hydrogens is 260 g/mol. The van der Waals surface area contributed by atoms with Crippen LogP contribution < -0.4 is 10.0 Å². The smallest absolute Gasteiger partial charge is 0.250 e. The lowest BCUT2D eigenvalue weighted by Gasteiger charge is -2.05. The molecule has 5 nitrogen and oxygen atoms in total. The maximum absolute atomic E-state index is 11.7. The highest BCUT2D eigenvalue weighted by molar-refractivity contribution is 7.91. The van der Waals surface area contributed by atoms with Gasteiger partial charge in [-0.05, 0) is 24.3 Å². The maximum atomic E-state index is 11.7. The number of hydrogen-bond acceptors (Lipinski definition) is 4. The Balaban J connectivity index is 1.76. The van der Waals surface area contributed by atoms with Crippen LogP contribution in [0.1, 0.15) is 19.3 Å². The Morgan fingerprint density at radius 1 is 1.47 bits per heavy atom.